The van der Waals surface area contributed by atoms with Crippen molar-refractivity contribution in [2.75, 3.05) is 0 Å². The Hall–Kier alpha value is -2.41. The minimum absolute atomic E-state index is 0.171. The first-order valence-corrected chi connectivity index (χ1v) is 6.67. The maximum Gasteiger partial charge on any atom is 0.131 e. The Bertz CT molecular complexity index is 716. The summed E-state index contributed by atoms with van der Waals surface area (Å²) in [5.74, 6) is -0.171. The van der Waals surface area contributed by atoms with Crippen molar-refractivity contribution >= 4 is 0 Å². The highest BCUT2D eigenvalue weighted by molar-refractivity contribution is 5.84. The van der Waals surface area contributed by atoms with Crippen molar-refractivity contribution in [2.24, 2.45) is 0 Å². The van der Waals surface area contributed by atoms with E-state index >= 15 is 0 Å². The third-order valence-electron chi connectivity index (χ3n) is 3.38. The number of halogens is 1. The third-order valence-corrected chi connectivity index (χ3v) is 3.38. The molecule has 0 spiro atoms. The van der Waals surface area contributed by atoms with Crippen LogP contribution < -0.4 is 0 Å². The molecule has 0 aliphatic carbocycles. The zero-order valence-electron chi connectivity index (χ0n) is 11.3. The van der Waals surface area contributed by atoms with Crippen LogP contribution >= 0.6 is 0 Å². The van der Waals surface area contributed by atoms with E-state index in [1.54, 1.807) is 6.07 Å². The average Bonchev–Trinajstić information content (AvgIpc) is 2.48. The van der Waals surface area contributed by atoms with Gasteiger partial charge in [0.1, 0.15) is 5.82 Å². The molecule has 0 aliphatic heterocycles. The molecule has 3 rings (SSSR count). The van der Waals surface area contributed by atoms with Gasteiger partial charge in [0.15, 0.2) is 0 Å². The first-order valence-electron chi connectivity index (χ1n) is 6.67. The summed E-state index contributed by atoms with van der Waals surface area (Å²) in [5, 5.41) is 0. The van der Waals surface area contributed by atoms with E-state index < -0.39 is 0 Å². The number of aryl methyl sites for hydroxylation is 1. The van der Waals surface area contributed by atoms with Crippen LogP contribution in [0, 0.1) is 12.7 Å². The molecule has 0 aliphatic rings. The lowest BCUT2D eigenvalue weighted by atomic mass is 9.92. The Balaban J connectivity index is 2.29. The highest BCUT2D eigenvalue weighted by atomic mass is 19.1. The Morgan fingerprint density at radius 1 is 0.700 bits per heavy atom. The number of hydrogen-bond acceptors (Lipinski definition) is 0. The average molecular weight is 262 g/mol. The fourth-order valence-electron chi connectivity index (χ4n) is 2.49. The van der Waals surface area contributed by atoms with Gasteiger partial charge in [0.25, 0.3) is 0 Å². The first-order chi connectivity index (χ1) is 9.75. The maximum atomic E-state index is 14.5. The van der Waals surface area contributed by atoms with Crippen LogP contribution in [-0.2, 0) is 0 Å². The van der Waals surface area contributed by atoms with E-state index in [4.69, 9.17) is 0 Å². The Kier molecular flexibility index (Phi) is 3.34. The smallest absolute Gasteiger partial charge is 0.131 e. The van der Waals surface area contributed by atoms with Crippen molar-refractivity contribution in [1.29, 1.82) is 0 Å². The van der Waals surface area contributed by atoms with Crippen LogP contribution in [0.2, 0.25) is 0 Å². The molecule has 20 heavy (non-hydrogen) atoms. The second-order valence-corrected chi connectivity index (χ2v) is 4.90. The van der Waals surface area contributed by atoms with Gasteiger partial charge in [-0.25, -0.2) is 4.39 Å². The molecular weight excluding hydrogens is 247 g/mol. The molecule has 0 fully saturated rings. The molecule has 0 saturated carbocycles. The van der Waals surface area contributed by atoms with Crippen LogP contribution in [0.5, 0.6) is 0 Å². The third kappa shape index (κ3) is 2.35. The molecule has 0 unspecified atom stereocenters. The van der Waals surface area contributed by atoms with Crippen LogP contribution in [0.1, 0.15) is 5.56 Å². The molecule has 1 heteroatoms. The SMILES string of the molecule is Cc1cc(F)c(-c2ccccc2)c(-c2ccccc2)c1. The molecule has 0 heterocycles. The maximum absolute atomic E-state index is 14.5. The van der Waals surface area contributed by atoms with Crippen molar-refractivity contribution in [3.05, 3.63) is 84.2 Å². The van der Waals surface area contributed by atoms with Gasteiger partial charge in [-0.05, 0) is 35.2 Å². The second-order valence-electron chi connectivity index (χ2n) is 4.90. The van der Waals surface area contributed by atoms with E-state index in [2.05, 4.69) is 0 Å². The standard InChI is InChI=1S/C19H15F/c1-14-12-17(15-8-4-2-5-9-15)19(18(20)13-14)16-10-6-3-7-11-16/h2-13H,1H3. The van der Waals surface area contributed by atoms with Crippen LogP contribution in [0.15, 0.2) is 72.8 Å². The summed E-state index contributed by atoms with van der Waals surface area (Å²) in [7, 11) is 0. The molecule has 0 aromatic heterocycles. The number of hydrogen-bond donors (Lipinski definition) is 0. The molecule has 0 atom stereocenters. The molecule has 0 bridgehead atoms. The summed E-state index contributed by atoms with van der Waals surface area (Å²) >= 11 is 0. The van der Waals surface area contributed by atoms with Crippen molar-refractivity contribution in [1.82, 2.24) is 0 Å². The normalized spacial score (nSPS) is 10.5. The van der Waals surface area contributed by atoms with Gasteiger partial charge >= 0.3 is 0 Å². The molecule has 0 N–H and O–H groups in total. The quantitative estimate of drug-likeness (QED) is 0.574. The Morgan fingerprint density at radius 3 is 1.85 bits per heavy atom. The fourth-order valence-corrected chi connectivity index (χ4v) is 2.49. The van der Waals surface area contributed by atoms with Crippen LogP contribution in [-0.4, -0.2) is 0 Å². The van der Waals surface area contributed by atoms with E-state index in [-0.39, 0.29) is 5.82 Å². The summed E-state index contributed by atoms with van der Waals surface area (Å²) in [4.78, 5) is 0. The van der Waals surface area contributed by atoms with Gasteiger partial charge in [0, 0.05) is 5.56 Å². The minimum atomic E-state index is -0.171. The largest absolute Gasteiger partial charge is 0.206 e. The van der Waals surface area contributed by atoms with Crippen LogP contribution in [0.4, 0.5) is 4.39 Å². The van der Waals surface area contributed by atoms with Crippen molar-refractivity contribution in [3.63, 3.8) is 0 Å². The first kappa shape index (κ1) is 12.6. The van der Waals surface area contributed by atoms with E-state index in [0.717, 1.165) is 22.3 Å². The van der Waals surface area contributed by atoms with Crippen molar-refractivity contribution < 1.29 is 4.39 Å². The molecular formula is C19H15F. The van der Waals surface area contributed by atoms with Gasteiger partial charge in [0.2, 0.25) is 0 Å². The van der Waals surface area contributed by atoms with Gasteiger partial charge < -0.3 is 0 Å². The monoisotopic (exact) mass is 262 g/mol. The summed E-state index contributed by atoms with van der Waals surface area (Å²) in [6, 6.07) is 23.3. The lowest BCUT2D eigenvalue weighted by Crippen LogP contribution is -1.91. The summed E-state index contributed by atoms with van der Waals surface area (Å²) in [5.41, 5.74) is 4.48. The van der Waals surface area contributed by atoms with Crippen molar-refractivity contribution in [3.8, 4) is 22.3 Å². The number of rotatable bonds is 2. The van der Waals surface area contributed by atoms with Gasteiger partial charge in [-0.3, -0.25) is 0 Å². The Morgan fingerprint density at radius 2 is 1.25 bits per heavy atom. The zero-order chi connectivity index (χ0) is 13.9. The highest BCUT2D eigenvalue weighted by Crippen LogP contribution is 2.35. The molecule has 0 amide bonds. The van der Waals surface area contributed by atoms with E-state index in [9.17, 15) is 4.39 Å². The molecule has 3 aromatic rings. The predicted octanol–water partition coefficient (Wildman–Crippen LogP) is 5.47. The van der Waals surface area contributed by atoms with Crippen molar-refractivity contribution in [2.45, 2.75) is 6.92 Å². The minimum Gasteiger partial charge on any atom is -0.206 e. The van der Waals surface area contributed by atoms with Crippen LogP contribution in [0.25, 0.3) is 22.3 Å². The lowest BCUT2D eigenvalue weighted by molar-refractivity contribution is 0.630. The van der Waals surface area contributed by atoms with Gasteiger partial charge in [-0.2, -0.15) is 0 Å². The summed E-state index contributed by atoms with van der Waals surface area (Å²) < 4.78 is 14.5. The molecule has 0 nitrogen and oxygen atoms in total. The van der Waals surface area contributed by atoms with E-state index in [1.807, 2.05) is 73.7 Å². The summed E-state index contributed by atoms with van der Waals surface area (Å²) in [6.07, 6.45) is 0. The molecule has 98 valence electrons. The molecule has 0 radical (unpaired) electrons. The predicted molar refractivity (Wildman–Crippen MR) is 82.0 cm³/mol. The lowest BCUT2D eigenvalue weighted by Gasteiger charge is -2.13. The van der Waals surface area contributed by atoms with Crippen LogP contribution in [0.3, 0.4) is 0 Å². The Labute approximate surface area is 118 Å². The molecule has 0 saturated heterocycles. The summed E-state index contributed by atoms with van der Waals surface area (Å²) in [6.45, 7) is 1.92. The van der Waals surface area contributed by atoms with E-state index in [1.165, 1.54) is 0 Å². The molecule has 3 aromatic carbocycles. The van der Waals surface area contributed by atoms with E-state index in [0.29, 0.717) is 5.56 Å². The van der Waals surface area contributed by atoms with Gasteiger partial charge in [0.05, 0.1) is 0 Å². The highest BCUT2D eigenvalue weighted by Gasteiger charge is 2.13. The second kappa shape index (κ2) is 5.30. The zero-order valence-corrected chi connectivity index (χ0v) is 11.3. The fraction of sp³-hybridized carbons (Fsp3) is 0.0526. The number of benzene rings is 3. The van der Waals surface area contributed by atoms with Gasteiger partial charge in [-0.15, -0.1) is 0 Å². The van der Waals surface area contributed by atoms with Gasteiger partial charge in [-0.1, -0.05) is 66.7 Å². The topological polar surface area (TPSA) is 0 Å².